The van der Waals surface area contributed by atoms with E-state index in [1.807, 2.05) is 23.9 Å². The molecular weight excluding hydrogens is 258 g/mol. The van der Waals surface area contributed by atoms with Gasteiger partial charge in [0, 0.05) is 25.4 Å². The van der Waals surface area contributed by atoms with E-state index in [-0.39, 0.29) is 0 Å². The number of hydrogen-bond acceptors (Lipinski definition) is 6. The number of nitrogens with zero attached hydrogens (tertiary/aromatic N) is 4. The highest BCUT2D eigenvalue weighted by molar-refractivity contribution is 5.15. The van der Waals surface area contributed by atoms with Crippen molar-refractivity contribution in [3.8, 4) is 0 Å². The van der Waals surface area contributed by atoms with Gasteiger partial charge in [-0.1, -0.05) is 11.2 Å². The highest BCUT2D eigenvalue weighted by atomic mass is 16.5. The predicted octanol–water partition coefficient (Wildman–Crippen LogP) is 1.20. The van der Waals surface area contributed by atoms with Gasteiger partial charge in [-0.05, 0) is 6.92 Å². The normalized spacial score (nSPS) is 10.9. The van der Waals surface area contributed by atoms with Crippen LogP contribution in [0.5, 0.6) is 0 Å². The van der Waals surface area contributed by atoms with Crippen LogP contribution in [0.1, 0.15) is 23.0 Å². The van der Waals surface area contributed by atoms with Crippen LogP contribution in [-0.2, 0) is 31.0 Å². The molecule has 0 saturated heterocycles. The van der Waals surface area contributed by atoms with Crippen molar-refractivity contribution in [1.29, 1.82) is 0 Å². The summed E-state index contributed by atoms with van der Waals surface area (Å²) in [5.74, 6) is 1.10. The molecule has 0 amide bonds. The molecule has 7 heteroatoms. The quantitative estimate of drug-likeness (QED) is 0.730. The van der Waals surface area contributed by atoms with Crippen molar-refractivity contribution in [3.05, 3.63) is 41.8 Å². The van der Waals surface area contributed by atoms with Crippen molar-refractivity contribution in [3.63, 3.8) is 0 Å². The molecule has 2 aromatic rings. The van der Waals surface area contributed by atoms with Crippen LogP contribution in [0.15, 0.2) is 23.4 Å². The Morgan fingerprint density at radius 1 is 1.50 bits per heavy atom. The summed E-state index contributed by atoms with van der Waals surface area (Å²) in [5, 5.41) is 11.5. The molecule has 0 spiro atoms. The maximum Gasteiger partial charge on any atom is 0.252 e. The van der Waals surface area contributed by atoms with Gasteiger partial charge < -0.3 is 14.6 Å². The van der Waals surface area contributed by atoms with E-state index in [9.17, 15) is 0 Å². The van der Waals surface area contributed by atoms with Gasteiger partial charge in [-0.15, -0.1) is 6.58 Å². The minimum absolute atomic E-state index is 0.334. The fourth-order valence-corrected chi connectivity index (χ4v) is 1.81. The van der Waals surface area contributed by atoms with Crippen molar-refractivity contribution in [1.82, 2.24) is 25.2 Å². The third kappa shape index (κ3) is 3.75. The molecule has 0 aliphatic rings. The zero-order valence-electron chi connectivity index (χ0n) is 11.8. The topological polar surface area (TPSA) is 78.0 Å². The Balaban J connectivity index is 1.84. The molecule has 0 saturated carbocycles. The Bertz CT molecular complexity index is 561. The zero-order chi connectivity index (χ0) is 14.4. The molecular formula is C13H19N5O2. The van der Waals surface area contributed by atoms with E-state index in [2.05, 4.69) is 27.1 Å². The maximum absolute atomic E-state index is 5.01. The standard InChI is InChI=1S/C13H19N5O2/c1-4-5-18-8-11(10(2)16-18)6-14-7-12-15-13(9-19-3)20-17-12/h4,8,14H,1,5-7,9H2,2-3H3. The molecule has 0 bridgehead atoms. The predicted molar refractivity (Wildman–Crippen MR) is 72.7 cm³/mol. The van der Waals surface area contributed by atoms with Crippen LogP contribution in [0.25, 0.3) is 0 Å². The fraction of sp³-hybridized carbons (Fsp3) is 0.462. The van der Waals surface area contributed by atoms with Crippen molar-refractivity contribution in [2.24, 2.45) is 0 Å². The lowest BCUT2D eigenvalue weighted by Crippen LogP contribution is -2.14. The van der Waals surface area contributed by atoms with Crippen LogP contribution in [0.3, 0.4) is 0 Å². The average Bonchev–Trinajstić information content (AvgIpc) is 2.99. The van der Waals surface area contributed by atoms with Gasteiger partial charge in [-0.2, -0.15) is 10.1 Å². The van der Waals surface area contributed by atoms with Gasteiger partial charge in [0.05, 0.1) is 18.8 Å². The first-order valence-corrected chi connectivity index (χ1v) is 6.38. The van der Waals surface area contributed by atoms with E-state index in [4.69, 9.17) is 9.26 Å². The molecule has 7 nitrogen and oxygen atoms in total. The minimum Gasteiger partial charge on any atom is -0.375 e. The highest BCUT2D eigenvalue weighted by Crippen LogP contribution is 2.06. The van der Waals surface area contributed by atoms with Crippen molar-refractivity contribution in [2.75, 3.05) is 7.11 Å². The molecule has 0 aromatic carbocycles. The molecule has 0 aliphatic heterocycles. The van der Waals surface area contributed by atoms with E-state index in [1.54, 1.807) is 7.11 Å². The summed E-state index contributed by atoms with van der Waals surface area (Å²) in [4.78, 5) is 4.19. The lowest BCUT2D eigenvalue weighted by Gasteiger charge is -1.99. The van der Waals surface area contributed by atoms with Gasteiger partial charge >= 0.3 is 0 Å². The Morgan fingerprint density at radius 2 is 2.35 bits per heavy atom. The monoisotopic (exact) mass is 277 g/mol. The second kappa shape index (κ2) is 6.97. The molecule has 20 heavy (non-hydrogen) atoms. The number of rotatable bonds is 8. The van der Waals surface area contributed by atoms with Gasteiger partial charge in [-0.3, -0.25) is 4.68 Å². The van der Waals surface area contributed by atoms with E-state index < -0.39 is 0 Å². The van der Waals surface area contributed by atoms with E-state index in [0.29, 0.717) is 38.0 Å². The van der Waals surface area contributed by atoms with Crippen LogP contribution in [-0.4, -0.2) is 27.0 Å². The number of nitrogens with one attached hydrogen (secondary N) is 1. The Labute approximate surface area is 117 Å². The number of aromatic nitrogens is 4. The second-order valence-corrected chi connectivity index (χ2v) is 4.39. The fourth-order valence-electron chi connectivity index (χ4n) is 1.81. The largest absolute Gasteiger partial charge is 0.375 e. The van der Waals surface area contributed by atoms with Crippen molar-refractivity contribution in [2.45, 2.75) is 33.2 Å². The summed E-state index contributed by atoms with van der Waals surface area (Å²) in [5.41, 5.74) is 2.15. The second-order valence-electron chi connectivity index (χ2n) is 4.39. The van der Waals surface area contributed by atoms with Crippen molar-refractivity contribution >= 4 is 0 Å². The first-order valence-electron chi connectivity index (χ1n) is 6.38. The summed E-state index contributed by atoms with van der Waals surface area (Å²) in [6.07, 6.45) is 3.83. The van der Waals surface area contributed by atoms with Crippen LogP contribution in [0.2, 0.25) is 0 Å². The van der Waals surface area contributed by atoms with Crippen LogP contribution >= 0.6 is 0 Å². The van der Waals surface area contributed by atoms with E-state index in [0.717, 1.165) is 11.3 Å². The highest BCUT2D eigenvalue weighted by Gasteiger charge is 2.07. The van der Waals surface area contributed by atoms with Gasteiger partial charge in [0.25, 0.3) is 5.89 Å². The van der Waals surface area contributed by atoms with E-state index >= 15 is 0 Å². The zero-order valence-corrected chi connectivity index (χ0v) is 11.8. The molecule has 1 N–H and O–H groups in total. The number of allylic oxidation sites excluding steroid dienone is 1. The molecule has 0 unspecified atom stereocenters. The molecule has 2 aromatic heterocycles. The number of aryl methyl sites for hydroxylation is 1. The third-order valence-corrected chi connectivity index (χ3v) is 2.74. The van der Waals surface area contributed by atoms with Gasteiger partial charge in [0.1, 0.15) is 6.61 Å². The minimum atomic E-state index is 0.334. The number of methoxy groups -OCH3 is 1. The van der Waals surface area contributed by atoms with Crippen LogP contribution in [0, 0.1) is 6.92 Å². The van der Waals surface area contributed by atoms with Gasteiger partial charge in [-0.25, -0.2) is 0 Å². The Hall–Kier alpha value is -1.99. The molecule has 0 atom stereocenters. The summed E-state index contributed by atoms with van der Waals surface area (Å²) in [6.45, 7) is 7.98. The van der Waals surface area contributed by atoms with Gasteiger partial charge in [0.15, 0.2) is 5.82 Å². The van der Waals surface area contributed by atoms with Crippen LogP contribution in [0.4, 0.5) is 0 Å². The lowest BCUT2D eigenvalue weighted by atomic mass is 10.2. The summed E-state index contributed by atoms with van der Waals surface area (Å²) in [6, 6.07) is 0. The molecule has 0 fully saturated rings. The van der Waals surface area contributed by atoms with Gasteiger partial charge in [0.2, 0.25) is 0 Å². The number of hydrogen-bond donors (Lipinski definition) is 1. The number of ether oxygens (including phenoxy) is 1. The molecule has 0 aliphatic carbocycles. The summed E-state index contributed by atoms with van der Waals surface area (Å²) < 4.78 is 11.8. The third-order valence-electron chi connectivity index (χ3n) is 2.74. The maximum atomic E-state index is 5.01. The molecule has 2 heterocycles. The molecule has 2 rings (SSSR count). The van der Waals surface area contributed by atoms with E-state index in [1.165, 1.54) is 0 Å². The first-order chi connectivity index (χ1) is 9.72. The molecule has 0 radical (unpaired) electrons. The van der Waals surface area contributed by atoms with Crippen LogP contribution < -0.4 is 5.32 Å². The summed E-state index contributed by atoms with van der Waals surface area (Å²) in [7, 11) is 1.59. The molecule has 108 valence electrons. The summed E-state index contributed by atoms with van der Waals surface area (Å²) >= 11 is 0. The SMILES string of the molecule is C=CCn1cc(CNCc2noc(COC)n2)c(C)n1. The Kier molecular flexibility index (Phi) is 5.03. The average molecular weight is 277 g/mol. The van der Waals surface area contributed by atoms with Crippen molar-refractivity contribution < 1.29 is 9.26 Å². The Morgan fingerprint density at radius 3 is 3.10 bits per heavy atom. The smallest absolute Gasteiger partial charge is 0.252 e. The first kappa shape index (κ1) is 14.4. The lowest BCUT2D eigenvalue weighted by molar-refractivity contribution is 0.151.